The van der Waals surface area contributed by atoms with E-state index >= 15 is 0 Å². The first-order chi connectivity index (χ1) is 7.70. The number of amides is 3. The summed E-state index contributed by atoms with van der Waals surface area (Å²) < 4.78 is 5.55. The van der Waals surface area contributed by atoms with Gasteiger partial charge in [0.05, 0.1) is 25.8 Å². The fourth-order valence-electron chi connectivity index (χ4n) is 2.02. The van der Waals surface area contributed by atoms with E-state index in [9.17, 15) is 9.59 Å². The second-order valence-corrected chi connectivity index (χ2v) is 4.05. The van der Waals surface area contributed by atoms with Gasteiger partial charge in [-0.15, -0.1) is 0 Å². The minimum Gasteiger partial charge on any atom is -0.374 e. The Balaban J connectivity index is 1.89. The van der Waals surface area contributed by atoms with E-state index in [4.69, 9.17) is 4.74 Å². The van der Waals surface area contributed by atoms with Gasteiger partial charge in [0.2, 0.25) is 5.91 Å². The number of imide groups is 1. The van der Waals surface area contributed by atoms with Gasteiger partial charge in [0.15, 0.2) is 0 Å². The van der Waals surface area contributed by atoms with Crippen molar-refractivity contribution < 1.29 is 14.3 Å². The van der Waals surface area contributed by atoms with Crippen LogP contribution in [-0.2, 0) is 9.53 Å². The number of nitrogens with zero attached hydrogens (tertiary/aromatic N) is 2. The molecule has 16 heavy (non-hydrogen) atoms. The Morgan fingerprint density at radius 1 is 1.50 bits per heavy atom. The molecule has 0 radical (unpaired) electrons. The van der Waals surface area contributed by atoms with Crippen molar-refractivity contribution in [2.24, 2.45) is 0 Å². The molecule has 2 fully saturated rings. The lowest BCUT2D eigenvalue weighted by Gasteiger charge is -2.33. The maximum Gasteiger partial charge on any atom is 0.324 e. The summed E-state index contributed by atoms with van der Waals surface area (Å²) in [5.74, 6) is -0.165. The van der Waals surface area contributed by atoms with Crippen molar-refractivity contribution in [2.75, 3.05) is 39.3 Å². The number of morpholine rings is 1. The predicted octanol–water partition coefficient (Wildman–Crippen LogP) is -0.741. The number of ether oxygens (including phenoxy) is 1. The SMILES string of the molecule is CCN1CCOC(CN2C(=O)CNC2=O)C1. The average molecular weight is 227 g/mol. The van der Waals surface area contributed by atoms with Gasteiger partial charge in [0, 0.05) is 13.1 Å². The monoisotopic (exact) mass is 227 g/mol. The smallest absolute Gasteiger partial charge is 0.324 e. The lowest BCUT2D eigenvalue weighted by Crippen LogP contribution is -2.48. The van der Waals surface area contributed by atoms with E-state index in [1.54, 1.807) is 0 Å². The van der Waals surface area contributed by atoms with Crippen LogP contribution in [0.3, 0.4) is 0 Å². The van der Waals surface area contributed by atoms with E-state index < -0.39 is 0 Å². The van der Waals surface area contributed by atoms with Gasteiger partial charge in [-0.25, -0.2) is 4.79 Å². The summed E-state index contributed by atoms with van der Waals surface area (Å²) in [5.41, 5.74) is 0. The highest BCUT2D eigenvalue weighted by Crippen LogP contribution is 2.09. The van der Waals surface area contributed by atoms with E-state index in [1.807, 2.05) is 0 Å². The molecule has 1 atom stereocenters. The summed E-state index contributed by atoms with van der Waals surface area (Å²) in [7, 11) is 0. The topological polar surface area (TPSA) is 61.9 Å². The molecule has 2 aliphatic heterocycles. The van der Waals surface area contributed by atoms with Crippen LogP contribution in [0.2, 0.25) is 0 Å². The molecule has 3 amide bonds. The largest absolute Gasteiger partial charge is 0.374 e. The molecule has 0 aromatic heterocycles. The first-order valence-corrected chi connectivity index (χ1v) is 5.63. The number of hydrogen-bond donors (Lipinski definition) is 1. The maximum atomic E-state index is 11.4. The van der Waals surface area contributed by atoms with Gasteiger partial charge in [-0.2, -0.15) is 0 Å². The summed E-state index contributed by atoms with van der Waals surface area (Å²) in [6.45, 7) is 5.92. The number of nitrogens with one attached hydrogen (secondary N) is 1. The van der Waals surface area contributed by atoms with Crippen molar-refractivity contribution >= 4 is 11.9 Å². The second-order valence-electron chi connectivity index (χ2n) is 4.05. The van der Waals surface area contributed by atoms with Crippen molar-refractivity contribution in [3.05, 3.63) is 0 Å². The standard InChI is InChI=1S/C10H17N3O3/c1-2-12-3-4-16-8(6-12)7-13-9(14)5-11-10(13)15/h8H,2-7H2,1H3,(H,11,15). The predicted molar refractivity (Wildman–Crippen MR) is 57.0 cm³/mol. The molecule has 90 valence electrons. The fourth-order valence-corrected chi connectivity index (χ4v) is 2.02. The first kappa shape index (κ1) is 11.3. The van der Waals surface area contributed by atoms with Crippen molar-refractivity contribution in [1.29, 1.82) is 0 Å². The van der Waals surface area contributed by atoms with Gasteiger partial charge in [0.25, 0.3) is 0 Å². The van der Waals surface area contributed by atoms with Crippen LogP contribution in [0.5, 0.6) is 0 Å². The van der Waals surface area contributed by atoms with Gasteiger partial charge < -0.3 is 10.1 Å². The van der Waals surface area contributed by atoms with E-state index in [0.29, 0.717) is 13.2 Å². The van der Waals surface area contributed by atoms with Gasteiger partial charge in [0.1, 0.15) is 0 Å². The lowest BCUT2D eigenvalue weighted by molar-refractivity contribution is -0.127. The maximum absolute atomic E-state index is 11.4. The zero-order chi connectivity index (χ0) is 11.5. The van der Waals surface area contributed by atoms with Crippen LogP contribution in [0, 0.1) is 0 Å². The minimum absolute atomic E-state index is 0.0542. The molecule has 0 aromatic carbocycles. The summed E-state index contributed by atoms with van der Waals surface area (Å²) in [5, 5.41) is 2.50. The quantitative estimate of drug-likeness (QED) is 0.645. The van der Waals surface area contributed by atoms with Gasteiger partial charge in [-0.05, 0) is 6.54 Å². The zero-order valence-corrected chi connectivity index (χ0v) is 9.44. The highest BCUT2D eigenvalue weighted by Gasteiger charge is 2.32. The van der Waals surface area contributed by atoms with Crippen LogP contribution in [0.4, 0.5) is 4.79 Å². The van der Waals surface area contributed by atoms with Crippen molar-refractivity contribution in [3.8, 4) is 0 Å². The van der Waals surface area contributed by atoms with Gasteiger partial charge >= 0.3 is 6.03 Å². The molecule has 6 heteroatoms. The number of hydrogen-bond acceptors (Lipinski definition) is 4. The number of carbonyl (C=O) groups is 2. The first-order valence-electron chi connectivity index (χ1n) is 5.63. The molecule has 2 heterocycles. The summed E-state index contributed by atoms with van der Waals surface area (Å²) in [6, 6.07) is -0.303. The van der Waals surface area contributed by atoms with Crippen LogP contribution >= 0.6 is 0 Å². The van der Waals surface area contributed by atoms with E-state index in [1.165, 1.54) is 4.90 Å². The summed E-state index contributed by atoms with van der Waals surface area (Å²) >= 11 is 0. The van der Waals surface area contributed by atoms with E-state index in [-0.39, 0.29) is 24.6 Å². The van der Waals surface area contributed by atoms with Gasteiger partial charge in [-0.1, -0.05) is 6.92 Å². The number of carbonyl (C=O) groups excluding carboxylic acids is 2. The van der Waals surface area contributed by atoms with E-state index in [0.717, 1.165) is 19.6 Å². The highest BCUT2D eigenvalue weighted by molar-refractivity contribution is 6.01. The molecule has 2 aliphatic rings. The van der Waals surface area contributed by atoms with Gasteiger partial charge in [-0.3, -0.25) is 14.6 Å². The van der Waals surface area contributed by atoms with Crippen molar-refractivity contribution in [2.45, 2.75) is 13.0 Å². The Morgan fingerprint density at radius 3 is 2.94 bits per heavy atom. The Morgan fingerprint density at radius 2 is 2.31 bits per heavy atom. The summed E-state index contributed by atoms with van der Waals surface area (Å²) in [4.78, 5) is 26.2. The molecular formula is C10H17N3O3. The Hall–Kier alpha value is -1.14. The average Bonchev–Trinajstić information content (AvgIpc) is 2.61. The molecule has 0 aromatic rings. The Bertz CT molecular complexity index is 279. The molecule has 1 unspecified atom stereocenters. The molecule has 1 N–H and O–H groups in total. The molecule has 6 nitrogen and oxygen atoms in total. The van der Waals surface area contributed by atoms with E-state index in [2.05, 4.69) is 17.1 Å². The van der Waals surface area contributed by atoms with Crippen LogP contribution in [0.1, 0.15) is 6.92 Å². The fraction of sp³-hybridized carbons (Fsp3) is 0.800. The molecule has 0 saturated carbocycles. The third kappa shape index (κ3) is 2.33. The highest BCUT2D eigenvalue weighted by atomic mass is 16.5. The lowest BCUT2D eigenvalue weighted by atomic mass is 10.2. The third-order valence-electron chi connectivity index (χ3n) is 2.99. The van der Waals surface area contributed by atoms with Crippen LogP contribution in [0.25, 0.3) is 0 Å². The Kier molecular flexibility index (Phi) is 3.40. The summed E-state index contributed by atoms with van der Waals surface area (Å²) in [6.07, 6.45) is -0.0542. The second kappa shape index (κ2) is 4.80. The van der Waals surface area contributed by atoms with Crippen molar-refractivity contribution in [3.63, 3.8) is 0 Å². The number of urea groups is 1. The van der Waals surface area contributed by atoms with Crippen LogP contribution in [0.15, 0.2) is 0 Å². The molecule has 2 rings (SSSR count). The molecular weight excluding hydrogens is 210 g/mol. The third-order valence-corrected chi connectivity index (χ3v) is 2.99. The van der Waals surface area contributed by atoms with Crippen LogP contribution < -0.4 is 5.32 Å². The number of rotatable bonds is 3. The molecule has 0 bridgehead atoms. The van der Waals surface area contributed by atoms with Crippen LogP contribution in [-0.4, -0.2) is 67.2 Å². The zero-order valence-electron chi connectivity index (χ0n) is 9.44. The van der Waals surface area contributed by atoms with Crippen molar-refractivity contribution in [1.82, 2.24) is 15.1 Å². The Labute approximate surface area is 94.5 Å². The molecule has 0 spiro atoms. The molecule has 2 saturated heterocycles. The number of likely N-dealkylation sites (N-methyl/N-ethyl adjacent to an activating group) is 1. The normalized spacial score (nSPS) is 27.3. The molecule has 0 aliphatic carbocycles. The minimum atomic E-state index is -0.303.